The lowest BCUT2D eigenvalue weighted by Gasteiger charge is -2.32. The summed E-state index contributed by atoms with van der Waals surface area (Å²) in [6, 6.07) is 6.61. The van der Waals surface area contributed by atoms with Crippen molar-refractivity contribution in [1.82, 2.24) is 10.2 Å². The molecule has 1 aromatic rings. The number of hydrogen-bond donors (Lipinski definition) is 1. The average Bonchev–Trinajstić information content (AvgIpc) is 3.15. The van der Waals surface area contributed by atoms with Gasteiger partial charge in [0.15, 0.2) is 0 Å². The van der Waals surface area contributed by atoms with Gasteiger partial charge in [-0.05, 0) is 56.7 Å². The minimum atomic E-state index is -0.419. The zero-order valence-electron chi connectivity index (χ0n) is 15.7. The van der Waals surface area contributed by atoms with Crippen molar-refractivity contribution < 1.29 is 19.1 Å². The zero-order chi connectivity index (χ0) is 19.2. The van der Waals surface area contributed by atoms with Gasteiger partial charge >= 0.3 is 5.97 Å². The van der Waals surface area contributed by atoms with Crippen molar-refractivity contribution in [2.45, 2.75) is 51.5 Å². The molecule has 6 nitrogen and oxygen atoms in total. The first-order valence-electron chi connectivity index (χ1n) is 9.59. The van der Waals surface area contributed by atoms with E-state index in [9.17, 15) is 14.4 Å². The fourth-order valence-corrected chi connectivity index (χ4v) is 3.62. The van der Waals surface area contributed by atoms with Crippen molar-refractivity contribution in [3.63, 3.8) is 0 Å². The van der Waals surface area contributed by atoms with Gasteiger partial charge in [-0.15, -0.1) is 0 Å². The number of amides is 2. The van der Waals surface area contributed by atoms with Gasteiger partial charge in [0.1, 0.15) is 5.75 Å². The lowest BCUT2D eigenvalue weighted by Crippen LogP contribution is -2.46. The number of carbonyl (C=O) groups is 3. The molecule has 3 rings (SSSR count). The number of likely N-dealkylation sites (tertiary alicyclic amines) is 1. The van der Waals surface area contributed by atoms with E-state index in [1.54, 1.807) is 24.3 Å². The highest BCUT2D eigenvalue weighted by atomic mass is 16.5. The number of benzene rings is 1. The molecule has 0 bridgehead atoms. The SMILES string of the molecule is CC(=O)Oc1cccc(C(=O)NC2CCN(C(=O)C=C3CCCC3)CC2)c1. The molecule has 1 saturated carbocycles. The van der Waals surface area contributed by atoms with E-state index in [0.29, 0.717) is 24.4 Å². The van der Waals surface area contributed by atoms with Crippen LogP contribution >= 0.6 is 0 Å². The Kier molecular flexibility index (Phi) is 6.27. The van der Waals surface area contributed by atoms with Gasteiger partial charge in [0.25, 0.3) is 5.91 Å². The average molecular weight is 370 g/mol. The van der Waals surface area contributed by atoms with Crippen LogP contribution in [0.2, 0.25) is 0 Å². The molecule has 2 amide bonds. The molecule has 1 saturated heterocycles. The van der Waals surface area contributed by atoms with Crippen LogP contribution in [0.1, 0.15) is 55.8 Å². The summed E-state index contributed by atoms with van der Waals surface area (Å²) >= 11 is 0. The van der Waals surface area contributed by atoms with Gasteiger partial charge in [0, 0.05) is 37.7 Å². The molecule has 1 aromatic carbocycles. The first-order valence-corrected chi connectivity index (χ1v) is 9.59. The van der Waals surface area contributed by atoms with Crippen LogP contribution in [0.4, 0.5) is 0 Å². The molecule has 0 radical (unpaired) electrons. The van der Waals surface area contributed by atoms with Gasteiger partial charge in [0.05, 0.1) is 0 Å². The van der Waals surface area contributed by atoms with Crippen LogP contribution < -0.4 is 10.1 Å². The Morgan fingerprint density at radius 3 is 2.52 bits per heavy atom. The van der Waals surface area contributed by atoms with Gasteiger partial charge in [-0.2, -0.15) is 0 Å². The van der Waals surface area contributed by atoms with Crippen molar-refractivity contribution in [1.29, 1.82) is 0 Å². The highest BCUT2D eigenvalue weighted by molar-refractivity contribution is 5.95. The predicted molar refractivity (Wildman–Crippen MR) is 101 cm³/mol. The lowest BCUT2D eigenvalue weighted by atomic mass is 10.0. The Bertz CT molecular complexity index is 740. The molecule has 2 aliphatic rings. The molecule has 1 heterocycles. The maximum atomic E-state index is 12.5. The van der Waals surface area contributed by atoms with E-state index in [2.05, 4.69) is 5.32 Å². The molecule has 1 aliphatic heterocycles. The molecule has 1 N–H and O–H groups in total. The maximum absolute atomic E-state index is 12.5. The number of esters is 1. The van der Waals surface area contributed by atoms with Crippen LogP contribution in [-0.4, -0.2) is 41.8 Å². The summed E-state index contributed by atoms with van der Waals surface area (Å²) in [5.74, 6) is -0.153. The smallest absolute Gasteiger partial charge is 0.308 e. The second-order valence-corrected chi connectivity index (χ2v) is 7.20. The highest BCUT2D eigenvalue weighted by Gasteiger charge is 2.24. The summed E-state index contributed by atoms with van der Waals surface area (Å²) in [7, 11) is 0. The minimum absolute atomic E-state index is 0.0399. The summed E-state index contributed by atoms with van der Waals surface area (Å²) in [4.78, 5) is 37.7. The van der Waals surface area contributed by atoms with E-state index in [-0.39, 0.29) is 17.9 Å². The van der Waals surface area contributed by atoms with E-state index >= 15 is 0 Å². The molecule has 0 spiro atoms. The fraction of sp³-hybridized carbons (Fsp3) is 0.476. The van der Waals surface area contributed by atoms with E-state index in [1.165, 1.54) is 25.3 Å². The fourth-order valence-electron chi connectivity index (χ4n) is 3.62. The topological polar surface area (TPSA) is 75.7 Å². The Labute approximate surface area is 159 Å². The Morgan fingerprint density at radius 2 is 1.85 bits per heavy atom. The zero-order valence-corrected chi connectivity index (χ0v) is 15.7. The highest BCUT2D eigenvalue weighted by Crippen LogP contribution is 2.24. The van der Waals surface area contributed by atoms with Crippen molar-refractivity contribution >= 4 is 17.8 Å². The summed E-state index contributed by atoms with van der Waals surface area (Å²) in [6.45, 7) is 2.63. The second-order valence-electron chi connectivity index (χ2n) is 7.20. The first kappa shape index (κ1) is 19.1. The quantitative estimate of drug-likeness (QED) is 0.502. The Morgan fingerprint density at radius 1 is 1.15 bits per heavy atom. The van der Waals surface area contributed by atoms with Gasteiger partial charge in [0.2, 0.25) is 5.91 Å². The molecule has 0 atom stereocenters. The van der Waals surface area contributed by atoms with E-state index in [4.69, 9.17) is 4.74 Å². The van der Waals surface area contributed by atoms with Gasteiger partial charge in [-0.25, -0.2) is 0 Å². The molecule has 27 heavy (non-hydrogen) atoms. The lowest BCUT2D eigenvalue weighted by molar-refractivity contribution is -0.132. The van der Waals surface area contributed by atoms with Crippen LogP contribution in [0, 0.1) is 0 Å². The third-order valence-electron chi connectivity index (χ3n) is 5.07. The summed E-state index contributed by atoms with van der Waals surface area (Å²) in [6.07, 6.45) is 7.76. The number of allylic oxidation sites excluding steroid dienone is 1. The van der Waals surface area contributed by atoms with Crippen molar-refractivity contribution in [2.75, 3.05) is 13.1 Å². The summed E-state index contributed by atoms with van der Waals surface area (Å²) in [5.41, 5.74) is 1.72. The molecular weight excluding hydrogens is 344 g/mol. The number of carbonyl (C=O) groups excluding carboxylic acids is 3. The Balaban J connectivity index is 1.50. The number of nitrogens with one attached hydrogen (secondary N) is 1. The first-order chi connectivity index (χ1) is 13.0. The van der Waals surface area contributed by atoms with E-state index in [0.717, 1.165) is 25.7 Å². The molecule has 2 fully saturated rings. The number of nitrogens with zero attached hydrogens (tertiary/aromatic N) is 1. The van der Waals surface area contributed by atoms with Crippen LogP contribution in [0.5, 0.6) is 5.75 Å². The Hall–Kier alpha value is -2.63. The molecule has 0 unspecified atom stereocenters. The number of hydrogen-bond acceptors (Lipinski definition) is 4. The number of ether oxygens (including phenoxy) is 1. The van der Waals surface area contributed by atoms with Gasteiger partial charge in [-0.1, -0.05) is 11.6 Å². The number of piperidine rings is 1. The normalized spacial score (nSPS) is 17.5. The molecular formula is C21H26N2O4. The van der Waals surface area contributed by atoms with Gasteiger partial charge in [-0.3, -0.25) is 14.4 Å². The number of rotatable bonds is 4. The van der Waals surface area contributed by atoms with Crippen LogP contribution in [0.25, 0.3) is 0 Å². The maximum Gasteiger partial charge on any atom is 0.308 e. The van der Waals surface area contributed by atoms with Crippen molar-refractivity contribution in [3.05, 3.63) is 41.5 Å². The van der Waals surface area contributed by atoms with Crippen LogP contribution in [0.3, 0.4) is 0 Å². The van der Waals surface area contributed by atoms with E-state index in [1.807, 2.05) is 11.0 Å². The molecule has 144 valence electrons. The molecule has 0 aromatic heterocycles. The third-order valence-corrected chi connectivity index (χ3v) is 5.07. The minimum Gasteiger partial charge on any atom is -0.427 e. The summed E-state index contributed by atoms with van der Waals surface area (Å²) in [5, 5.41) is 3.02. The second kappa shape index (κ2) is 8.84. The van der Waals surface area contributed by atoms with E-state index < -0.39 is 5.97 Å². The van der Waals surface area contributed by atoms with Gasteiger partial charge < -0.3 is 15.0 Å². The predicted octanol–water partition coefficient (Wildman–Crippen LogP) is 2.83. The summed E-state index contributed by atoms with van der Waals surface area (Å²) < 4.78 is 5.02. The largest absolute Gasteiger partial charge is 0.427 e. The standard InChI is InChI=1S/C21H26N2O4/c1-15(24)27-19-8-4-7-17(14-19)21(26)22-18-9-11-23(12-10-18)20(25)13-16-5-2-3-6-16/h4,7-8,13-14,18H,2-3,5-6,9-12H2,1H3,(H,22,26). The monoisotopic (exact) mass is 370 g/mol. The van der Waals surface area contributed by atoms with Crippen LogP contribution in [-0.2, 0) is 9.59 Å². The van der Waals surface area contributed by atoms with Crippen LogP contribution in [0.15, 0.2) is 35.9 Å². The molecule has 6 heteroatoms. The van der Waals surface area contributed by atoms with Crippen molar-refractivity contribution in [2.24, 2.45) is 0 Å². The third kappa shape index (κ3) is 5.42. The van der Waals surface area contributed by atoms with Crippen molar-refractivity contribution in [3.8, 4) is 5.75 Å². The molecule has 1 aliphatic carbocycles.